The number of benzene rings is 2. The van der Waals surface area contributed by atoms with Crippen LogP contribution in [0.15, 0.2) is 42.5 Å². The summed E-state index contributed by atoms with van der Waals surface area (Å²) in [6, 6.07) is 15.5. The molecule has 2 aromatic carbocycles. The Morgan fingerprint density at radius 2 is 1.42 bits per heavy atom. The number of rotatable bonds is 18. The maximum Gasteiger partial charge on any atom is 0.313 e. The molecule has 1 atom stereocenters. The summed E-state index contributed by atoms with van der Waals surface area (Å²) in [6.45, 7) is 11.8. The fourth-order valence-corrected chi connectivity index (χ4v) is 5.98. The topological polar surface area (TPSA) is 77.8 Å². The molecule has 236 valence electrons. The summed E-state index contributed by atoms with van der Waals surface area (Å²) in [5, 5.41) is 9.71. The number of carbonyl (C=O) groups excluding carboxylic acids is 1. The molecule has 1 unspecified atom stereocenters. The highest BCUT2D eigenvalue weighted by molar-refractivity contribution is 14.1. The number of esters is 1. The molecular weight excluding hydrogens is 768 g/mol. The van der Waals surface area contributed by atoms with Gasteiger partial charge in [-0.15, -0.1) is 0 Å². The van der Waals surface area contributed by atoms with Crippen molar-refractivity contribution >= 4 is 62.8 Å². The first-order valence-corrected chi connectivity index (χ1v) is 17.0. The van der Waals surface area contributed by atoms with E-state index in [1.54, 1.807) is 26.4 Å². The zero-order valence-corrected chi connectivity index (χ0v) is 31.0. The lowest BCUT2D eigenvalue weighted by Gasteiger charge is -2.41. The molecule has 0 saturated carbocycles. The molecule has 0 spiro atoms. The molecule has 0 amide bonds. The molecule has 0 N–H and O–H groups in total. The van der Waals surface area contributed by atoms with Gasteiger partial charge < -0.3 is 18.9 Å². The van der Waals surface area contributed by atoms with E-state index < -0.39 is 5.41 Å². The molecule has 0 bridgehead atoms. The van der Waals surface area contributed by atoms with Gasteiger partial charge in [0.05, 0.1) is 44.5 Å². The summed E-state index contributed by atoms with van der Waals surface area (Å²) in [4.78, 5) is 13.0. The number of unbranched alkanes of at least 4 members (excludes halogenated alkanes) is 5. The Labute approximate surface area is 286 Å². The van der Waals surface area contributed by atoms with Crippen LogP contribution in [0.4, 0.5) is 0 Å². The van der Waals surface area contributed by atoms with Crippen LogP contribution < -0.4 is 14.2 Å². The summed E-state index contributed by atoms with van der Waals surface area (Å²) >= 11 is 4.80. The predicted molar refractivity (Wildman–Crippen MR) is 193 cm³/mol. The standard InChI is InChI=1S/C35H47I2NO5/c1-33(2,36)25-35(5,34(3,4)37)32(39)43-21-13-11-9-8-10-12-20-42-29-17-14-26(15-18-29)22-28(24-38)27-16-19-30(40-6)31(23-27)41-7/h14-19,22-23H,8-13,20-21,25H2,1-7H3/b28-22+. The first kappa shape index (κ1) is 37.2. The minimum atomic E-state index is -0.527. The van der Waals surface area contributed by atoms with E-state index >= 15 is 0 Å². The van der Waals surface area contributed by atoms with Crippen LogP contribution in [-0.2, 0) is 9.53 Å². The van der Waals surface area contributed by atoms with Crippen LogP contribution >= 0.6 is 45.2 Å². The van der Waals surface area contributed by atoms with Crippen molar-refractivity contribution in [2.45, 2.75) is 86.4 Å². The van der Waals surface area contributed by atoms with Gasteiger partial charge in [0.15, 0.2) is 11.5 Å². The van der Waals surface area contributed by atoms with E-state index in [-0.39, 0.29) is 12.8 Å². The van der Waals surface area contributed by atoms with Crippen molar-refractivity contribution in [3.8, 4) is 23.3 Å². The highest BCUT2D eigenvalue weighted by Crippen LogP contribution is 2.47. The zero-order chi connectivity index (χ0) is 32.1. The zero-order valence-electron chi connectivity index (χ0n) is 26.7. The van der Waals surface area contributed by atoms with Crippen molar-refractivity contribution < 1.29 is 23.7 Å². The fraction of sp³-hybridized carbons (Fsp3) is 0.543. The minimum absolute atomic E-state index is 0.0222. The molecular formula is C35H47I2NO5. The molecule has 0 aliphatic heterocycles. The lowest BCUT2D eigenvalue weighted by atomic mass is 9.73. The maximum absolute atomic E-state index is 13.0. The summed E-state index contributed by atoms with van der Waals surface area (Å²) in [5.41, 5.74) is 1.69. The smallest absolute Gasteiger partial charge is 0.313 e. The quantitative estimate of drug-likeness (QED) is 0.0373. The normalized spacial score (nSPS) is 13.5. The third-order valence-electron chi connectivity index (χ3n) is 7.58. The number of hydrogen-bond donors (Lipinski definition) is 0. The maximum atomic E-state index is 13.0. The van der Waals surface area contributed by atoms with Gasteiger partial charge >= 0.3 is 5.97 Å². The molecule has 2 aromatic rings. The number of nitrogens with zero attached hydrogens (tertiary/aromatic N) is 1. The van der Waals surface area contributed by atoms with Gasteiger partial charge in [-0.25, -0.2) is 0 Å². The number of hydrogen-bond acceptors (Lipinski definition) is 6. The van der Waals surface area contributed by atoms with Crippen molar-refractivity contribution in [1.82, 2.24) is 0 Å². The van der Waals surface area contributed by atoms with Gasteiger partial charge in [-0.3, -0.25) is 4.79 Å². The van der Waals surface area contributed by atoms with Crippen molar-refractivity contribution in [3.05, 3.63) is 53.6 Å². The summed E-state index contributed by atoms with van der Waals surface area (Å²) in [6.07, 6.45) is 8.92. The van der Waals surface area contributed by atoms with Crippen LogP contribution in [0.3, 0.4) is 0 Å². The molecule has 0 aliphatic rings. The second kappa shape index (κ2) is 17.5. The number of halogens is 2. The monoisotopic (exact) mass is 815 g/mol. The van der Waals surface area contributed by atoms with E-state index in [4.69, 9.17) is 18.9 Å². The van der Waals surface area contributed by atoms with Gasteiger partial charge in [-0.05, 0) is 87.6 Å². The second-order valence-electron chi connectivity index (χ2n) is 12.1. The third kappa shape index (κ3) is 12.1. The number of methoxy groups -OCH3 is 2. The first-order valence-electron chi connectivity index (χ1n) is 14.9. The van der Waals surface area contributed by atoms with E-state index in [9.17, 15) is 10.1 Å². The molecule has 0 heterocycles. The second-order valence-corrected chi connectivity index (χ2v) is 17.7. The molecule has 6 nitrogen and oxygen atoms in total. The summed E-state index contributed by atoms with van der Waals surface area (Å²) in [5.74, 6) is 1.94. The number of carbonyl (C=O) groups is 1. The molecule has 8 heteroatoms. The van der Waals surface area contributed by atoms with E-state index in [0.717, 1.165) is 61.8 Å². The molecule has 0 aliphatic carbocycles. The van der Waals surface area contributed by atoms with Crippen LogP contribution in [0.25, 0.3) is 11.6 Å². The predicted octanol–water partition coefficient (Wildman–Crippen LogP) is 9.85. The van der Waals surface area contributed by atoms with Crippen LogP contribution in [0.5, 0.6) is 17.2 Å². The Balaban J connectivity index is 1.69. The lowest BCUT2D eigenvalue weighted by Crippen LogP contribution is -2.47. The largest absolute Gasteiger partial charge is 0.494 e. The highest BCUT2D eigenvalue weighted by atomic mass is 127. The summed E-state index contributed by atoms with van der Waals surface area (Å²) in [7, 11) is 3.16. The SMILES string of the molecule is COc1ccc(/C(C#N)=C/c2ccc(OCCCCCCCCOC(=O)C(C)(CC(C)(C)I)C(C)(C)I)cc2)cc1OC. The molecule has 2 rings (SSSR count). The number of allylic oxidation sites excluding steroid dienone is 1. The van der Waals surface area contributed by atoms with Crippen molar-refractivity contribution in [2.75, 3.05) is 27.4 Å². The molecule has 0 radical (unpaired) electrons. The Kier molecular flexibility index (Phi) is 15.1. The average molecular weight is 816 g/mol. The number of alkyl halides is 2. The Bertz CT molecular complexity index is 1240. The molecule has 43 heavy (non-hydrogen) atoms. The minimum Gasteiger partial charge on any atom is -0.494 e. The Morgan fingerprint density at radius 1 is 0.837 bits per heavy atom. The average Bonchev–Trinajstić information content (AvgIpc) is 2.95. The van der Waals surface area contributed by atoms with Gasteiger partial charge in [-0.1, -0.05) is 96.8 Å². The van der Waals surface area contributed by atoms with Crippen molar-refractivity contribution in [3.63, 3.8) is 0 Å². The first-order chi connectivity index (χ1) is 20.2. The van der Waals surface area contributed by atoms with Crippen LogP contribution in [-0.4, -0.2) is 40.2 Å². The van der Waals surface area contributed by atoms with Gasteiger partial charge in [0, 0.05) is 6.84 Å². The van der Waals surface area contributed by atoms with Crippen molar-refractivity contribution in [1.29, 1.82) is 5.26 Å². The van der Waals surface area contributed by atoms with Gasteiger partial charge in [0.2, 0.25) is 0 Å². The number of nitriles is 1. The molecule has 0 saturated heterocycles. The molecule has 0 fully saturated rings. The molecule has 0 aromatic heterocycles. The van der Waals surface area contributed by atoms with E-state index in [0.29, 0.717) is 30.3 Å². The number of ether oxygens (including phenoxy) is 4. The van der Waals surface area contributed by atoms with Gasteiger partial charge in [0.25, 0.3) is 0 Å². The van der Waals surface area contributed by atoms with Gasteiger partial charge in [-0.2, -0.15) is 5.26 Å². The van der Waals surface area contributed by atoms with E-state index in [2.05, 4.69) is 78.9 Å². The van der Waals surface area contributed by atoms with Crippen LogP contribution in [0.2, 0.25) is 0 Å². The Morgan fingerprint density at radius 3 is 1.95 bits per heavy atom. The van der Waals surface area contributed by atoms with E-state index in [1.165, 1.54) is 0 Å². The van der Waals surface area contributed by atoms with Crippen LogP contribution in [0.1, 0.15) is 90.7 Å². The van der Waals surface area contributed by atoms with Crippen molar-refractivity contribution in [2.24, 2.45) is 5.41 Å². The van der Waals surface area contributed by atoms with Gasteiger partial charge in [0.1, 0.15) is 5.75 Å². The van der Waals surface area contributed by atoms with E-state index in [1.807, 2.05) is 43.3 Å². The summed E-state index contributed by atoms with van der Waals surface area (Å²) < 4.78 is 22.2. The van der Waals surface area contributed by atoms with Crippen LogP contribution in [0, 0.1) is 16.7 Å². The Hall–Kier alpha value is -2.00. The highest BCUT2D eigenvalue weighted by Gasteiger charge is 2.49. The fourth-order valence-electron chi connectivity index (χ4n) is 4.80. The third-order valence-corrected chi connectivity index (χ3v) is 9.16. The lowest BCUT2D eigenvalue weighted by molar-refractivity contribution is -0.157.